The van der Waals surface area contributed by atoms with E-state index in [1.165, 1.54) is 38.5 Å². The molecule has 1 heterocycles. The molecule has 0 spiro atoms. The van der Waals surface area contributed by atoms with Crippen LogP contribution in [0.15, 0.2) is 24.3 Å². The third-order valence-corrected chi connectivity index (χ3v) is 10.3. The van der Waals surface area contributed by atoms with Gasteiger partial charge in [-0.1, -0.05) is 11.6 Å². The first-order valence-electron chi connectivity index (χ1n) is 12.1. The summed E-state index contributed by atoms with van der Waals surface area (Å²) >= 11 is 5.96. The number of nitrogens with one attached hydrogen (secondary N) is 1. The molecule has 5 fully saturated rings. The van der Waals surface area contributed by atoms with Crippen molar-refractivity contribution in [1.82, 2.24) is 9.62 Å². The van der Waals surface area contributed by atoms with Crippen molar-refractivity contribution in [2.45, 2.75) is 44.9 Å². The van der Waals surface area contributed by atoms with Gasteiger partial charge in [0.1, 0.15) is 0 Å². The molecule has 8 heteroatoms. The summed E-state index contributed by atoms with van der Waals surface area (Å²) in [5, 5.41) is 3.62. The Morgan fingerprint density at radius 3 is 2.09 bits per heavy atom. The number of rotatable bonds is 7. The molecule has 4 bridgehead atoms. The molecule has 1 N–H and O–H groups in total. The van der Waals surface area contributed by atoms with Crippen molar-refractivity contribution in [3.63, 3.8) is 0 Å². The van der Waals surface area contributed by atoms with Gasteiger partial charge in [0.05, 0.1) is 5.75 Å². The van der Waals surface area contributed by atoms with Crippen LogP contribution < -0.4 is 10.2 Å². The molecular formula is C24H34ClN3O3S. The first-order chi connectivity index (χ1) is 15.3. The molecule has 1 aliphatic heterocycles. The average molecular weight is 480 g/mol. The van der Waals surface area contributed by atoms with Gasteiger partial charge < -0.3 is 10.2 Å². The quantitative estimate of drug-likeness (QED) is 0.649. The van der Waals surface area contributed by atoms with Crippen LogP contribution in [0, 0.1) is 23.2 Å². The van der Waals surface area contributed by atoms with Crippen molar-refractivity contribution < 1.29 is 13.2 Å². The third kappa shape index (κ3) is 4.80. The summed E-state index contributed by atoms with van der Waals surface area (Å²) in [5.41, 5.74) is 1.25. The second-order valence-electron chi connectivity index (χ2n) is 10.6. The maximum Gasteiger partial charge on any atom is 0.220 e. The van der Waals surface area contributed by atoms with Crippen LogP contribution >= 0.6 is 11.6 Å². The van der Waals surface area contributed by atoms with Gasteiger partial charge in [-0.2, -0.15) is 4.31 Å². The Balaban J connectivity index is 1.07. The number of piperazine rings is 1. The molecule has 1 amide bonds. The first-order valence-corrected chi connectivity index (χ1v) is 14.0. The number of benzene rings is 1. The number of halogens is 1. The van der Waals surface area contributed by atoms with E-state index in [1.54, 1.807) is 4.31 Å². The van der Waals surface area contributed by atoms with Crippen LogP contribution in [0.5, 0.6) is 0 Å². The fourth-order valence-corrected chi connectivity index (χ4v) is 8.70. The largest absolute Gasteiger partial charge is 0.369 e. The summed E-state index contributed by atoms with van der Waals surface area (Å²) in [7, 11) is -3.37. The van der Waals surface area contributed by atoms with Crippen molar-refractivity contribution in [3.05, 3.63) is 29.3 Å². The van der Waals surface area contributed by atoms with E-state index in [-0.39, 0.29) is 23.6 Å². The van der Waals surface area contributed by atoms with E-state index < -0.39 is 10.0 Å². The molecule has 32 heavy (non-hydrogen) atoms. The zero-order valence-electron chi connectivity index (χ0n) is 18.6. The minimum absolute atomic E-state index is 0.0272. The van der Waals surface area contributed by atoms with Crippen LogP contribution in [-0.4, -0.2) is 57.1 Å². The van der Waals surface area contributed by atoms with Crippen molar-refractivity contribution in [1.29, 1.82) is 0 Å². The summed E-state index contributed by atoms with van der Waals surface area (Å²) in [6.07, 6.45) is 8.27. The van der Waals surface area contributed by atoms with Crippen LogP contribution in [0.2, 0.25) is 5.02 Å². The van der Waals surface area contributed by atoms with Gasteiger partial charge in [0, 0.05) is 49.9 Å². The van der Waals surface area contributed by atoms with E-state index >= 15 is 0 Å². The van der Waals surface area contributed by atoms with Crippen molar-refractivity contribution in [3.8, 4) is 0 Å². The van der Waals surface area contributed by atoms with E-state index in [9.17, 15) is 13.2 Å². The fraction of sp³-hybridized carbons (Fsp3) is 0.708. The molecule has 1 saturated heterocycles. The smallest absolute Gasteiger partial charge is 0.220 e. The van der Waals surface area contributed by atoms with Crippen LogP contribution in [0.1, 0.15) is 44.9 Å². The molecule has 6 nitrogen and oxygen atoms in total. The number of sulfonamides is 1. The molecule has 0 radical (unpaired) electrons. The monoisotopic (exact) mass is 479 g/mol. The SMILES string of the molecule is O=C(CC12CC3CC(CC(C3)C1)C2)NCCS(=O)(=O)N1CCN(c2ccc(Cl)cc2)CC1. The number of amides is 1. The normalized spacial score (nSPS) is 32.3. The topological polar surface area (TPSA) is 69.7 Å². The van der Waals surface area contributed by atoms with Crippen LogP contribution in [-0.2, 0) is 14.8 Å². The fourth-order valence-electron chi connectivity index (χ4n) is 7.23. The minimum atomic E-state index is -3.37. The highest BCUT2D eigenvalue weighted by Gasteiger charge is 2.51. The summed E-state index contributed by atoms with van der Waals surface area (Å²) in [5.74, 6) is 2.47. The van der Waals surface area contributed by atoms with Gasteiger partial charge in [-0.15, -0.1) is 0 Å². The van der Waals surface area contributed by atoms with Crippen LogP contribution in [0.3, 0.4) is 0 Å². The average Bonchev–Trinajstić information content (AvgIpc) is 2.73. The second-order valence-corrected chi connectivity index (χ2v) is 13.1. The number of carbonyl (C=O) groups is 1. The van der Waals surface area contributed by atoms with Crippen LogP contribution in [0.25, 0.3) is 0 Å². The highest BCUT2D eigenvalue weighted by Crippen LogP contribution is 2.61. The molecule has 1 aromatic carbocycles. The van der Waals surface area contributed by atoms with Crippen molar-refractivity contribution >= 4 is 33.2 Å². The Morgan fingerprint density at radius 2 is 1.53 bits per heavy atom. The second kappa shape index (κ2) is 8.80. The summed E-state index contributed by atoms with van der Waals surface area (Å²) in [6.45, 7) is 2.43. The molecule has 1 aromatic rings. The lowest BCUT2D eigenvalue weighted by Crippen LogP contribution is -2.50. The lowest BCUT2D eigenvalue weighted by molar-refractivity contribution is -0.129. The Morgan fingerprint density at radius 1 is 0.969 bits per heavy atom. The molecule has 0 unspecified atom stereocenters. The van der Waals surface area contributed by atoms with Gasteiger partial charge in [-0.3, -0.25) is 4.79 Å². The van der Waals surface area contributed by atoms with E-state index in [2.05, 4.69) is 10.2 Å². The van der Waals surface area contributed by atoms with Crippen molar-refractivity contribution in [2.75, 3.05) is 43.4 Å². The maximum atomic E-state index is 12.8. The van der Waals surface area contributed by atoms with Gasteiger partial charge in [-0.05, 0) is 86.0 Å². The Hall–Kier alpha value is -1.31. The maximum absolute atomic E-state index is 12.8. The Labute approximate surface area is 196 Å². The standard InChI is InChI=1S/C24H34ClN3O3S/c25-21-1-3-22(4-2-21)27-6-8-28(9-7-27)32(30,31)10-5-26-23(29)17-24-14-18-11-19(15-24)13-20(12-18)16-24/h1-4,18-20H,5-17H2,(H,26,29). The van der Waals surface area contributed by atoms with E-state index in [0.29, 0.717) is 37.6 Å². The lowest BCUT2D eigenvalue weighted by atomic mass is 9.49. The zero-order valence-corrected chi connectivity index (χ0v) is 20.2. The Kier molecular flexibility index (Phi) is 6.18. The summed E-state index contributed by atoms with van der Waals surface area (Å²) < 4.78 is 27.2. The molecule has 4 saturated carbocycles. The van der Waals surface area contributed by atoms with Gasteiger partial charge in [0.15, 0.2) is 0 Å². The Bertz CT molecular complexity index is 906. The van der Waals surface area contributed by atoms with Gasteiger partial charge in [0.2, 0.25) is 15.9 Å². The zero-order chi connectivity index (χ0) is 22.3. The first kappa shape index (κ1) is 22.5. The van der Waals surface area contributed by atoms with E-state index in [1.807, 2.05) is 24.3 Å². The minimum Gasteiger partial charge on any atom is -0.369 e. The predicted molar refractivity (Wildman–Crippen MR) is 127 cm³/mol. The van der Waals surface area contributed by atoms with Crippen molar-refractivity contribution in [2.24, 2.45) is 23.2 Å². The highest BCUT2D eigenvalue weighted by molar-refractivity contribution is 7.89. The predicted octanol–water partition coefficient (Wildman–Crippen LogP) is 3.51. The molecule has 0 aromatic heterocycles. The molecule has 6 rings (SSSR count). The third-order valence-electron chi connectivity index (χ3n) is 8.21. The molecule has 176 valence electrons. The summed E-state index contributed by atoms with van der Waals surface area (Å²) in [6, 6.07) is 7.63. The molecule has 5 aliphatic rings. The van der Waals surface area contributed by atoms with Gasteiger partial charge in [-0.25, -0.2) is 8.42 Å². The lowest BCUT2D eigenvalue weighted by Gasteiger charge is -2.56. The number of hydrogen-bond acceptors (Lipinski definition) is 4. The number of carbonyl (C=O) groups excluding carboxylic acids is 1. The number of anilines is 1. The molecule has 4 aliphatic carbocycles. The number of hydrogen-bond donors (Lipinski definition) is 1. The van der Waals surface area contributed by atoms with Crippen LogP contribution in [0.4, 0.5) is 5.69 Å². The number of nitrogens with zero attached hydrogens (tertiary/aromatic N) is 2. The van der Waals surface area contributed by atoms with E-state index in [4.69, 9.17) is 11.6 Å². The highest BCUT2D eigenvalue weighted by atomic mass is 35.5. The molecule has 0 atom stereocenters. The van der Waals surface area contributed by atoms with E-state index in [0.717, 1.165) is 23.4 Å². The molecular weight excluding hydrogens is 446 g/mol. The van der Waals surface area contributed by atoms with Gasteiger partial charge >= 0.3 is 0 Å². The van der Waals surface area contributed by atoms with Gasteiger partial charge in [0.25, 0.3) is 0 Å². The summed E-state index contributed by atoms with van der Waals surface area (Å²) in [4.78, 5) is 14.9.